The molecular formula is C12H19NO. The SMILES string of the molecule is OCC1CCCCC1Cn1cccc1. The first-order valence-electron chi connectivity index (χ1n) is 5.62. The van der Waals surface area contributed by atoms with Crippen LogP contribution in [0.2, 0.25) is 0 Å². The van der Waals surface area contributed by atoms with Crippen LogP contribution >= 0.6 is 0 Å². The molecule has 1 fully saturated rings. The van der Waals surface area contributed by atoms with Crippen molar-refractivity contribution >= 4 is 0 Å². The van der Waals surface area contributed by atoms with Crippen LogP contribution in [-0.2, 0) is 6.54 Å². The second-order valence-corrected chi connectivity index (χ2v) is 4.37. The highest BCUT2D eigenvalue weighted by atomic mass is 16.3. The molecule has 1 saturated carbocycles. The van der Waals surface area contributed by atoms with E-state index in [2.05, 4.69) is 29.1 Å². The zero-order chi connectivity index (χ0) is 9.80. The lowest BCUT2D eigenvalue weighted by Crippen LogP contribution is -2.26. The molecule has 1 aliphatic carbocycles. The Bertz CT molecular complexity index is 255. The molecule has 78 valence electrons. The van der Waals surface area contributed by atoms with Crippen molar-refractivity contribution < 1.29 is 5.11 Å². The summed E-state index contributed by atoms with van der Waals surface area (Å²) in [6, 6.07) is 4.13. The number of aliphatic hydroxyl groups excluding tert-OH is 1. The quantitative estimate of drug-likeness (QED) is 0.782. The smallest absolute Gasteiger partial charge is 0.0462 e. The molecule has 0 spiro atoms. The maximum Gasteiger partial charge on any atom is 0.0462 e. The van der Waals surface area contributed by atoms with Crippen LogP contribution in [0, 0.1) is 11.8 Å². The lowest BCUT2D eigenvalue weighted by Gasteiger charge is -2.30. The Balaban J connectivity index is 1.94. The van der Waals surface area contributed by atoms with Crippen LogP contribution in [0.3, 0.4) is 0 Å². The van der Waals surface area contributed by atoms with Gasteiger partial charge in [-0.05, 0) is 36.8 Å². The van der Waals surface area contributed by atoms with Crippen LogP contribution in [-0.4, -0.2) is 16.3 Å². The van der Waals surface area contributed by atoms with Gasteiger partial charge in [-0.15, -0.1) is 0 Å². The highest BCUT2D eigenvalue weighted by Crippen LogP contribution is 2.30. The van der Waals surface area contributed by atoms with Crippen LogP contribution in [0.4, 0.5) is 0 Å². The molecule has 2 atom stereocenters. The minimum atomic E-state index is 0.367. The van der Waals surface area contributed by atoms with Crippen molar-refractivity contribution in [2.24, 2.45) is 11.8 Å². The van der Waals surface area contributed by atoms with Crippen LogP contribution in [0.15, 0.2) is 24.5 Å². The first kappa shape index (κ1) is 9.78. The monoisotopic (exact) mass is 193 g/mol. The van der Waals surface area contributed by atoms with E-state index in [1.807, 2.05) is 0 Å². The predicted octanol–water partition coefficient (Wildman–Crippen LogP) is 2.29. The Kier molecular flexibility index (Phi) is 3.25. The lowest BCUT2D eigenvalue weighted by molar-refractivity contribution is 0.123. The number of hydrogen-bond acceptors (Lipinski definition) is 1. The summed E-state index contributed by atoms with van der Waals surface area (Å²) in [7, 11) is 0. The highest BCUT2D eigenvalue weighted by molar-refractivity contribution is 4.91. The van der Waals surface area contributed by atoms with Gasteiger partial charge in [0, 0.05) is 25.5 Å². The van der Waals surface area contributed by atoms with Gasteiger partial charge in [-0.1, -0.05) is 12.8 Å². The molecule has 0 aliphatic heterocycles. The van der Waals surface area contributed by atoms with Gasteiger partial charge in [0.2, 0.25) is 0 Å². The molecule has 1 heterocycles. The summed E-state index contributed by atoms with van der Waals surface area (Å²) in [5, 5.41) is 9.28. The number of aromatic nitrogens is 1. The van der Waals surface area contributed by atoms with Crippen LogP contribution in [0.1, 0.15) is 25.7 Å². The van der Waals surface area contributed by atoms with Crippen molar-refractivity contribution in [1.82, 2.24) is 4.57 Å². The summed E-state index contributed by atoms with van der Waals surface area (Å²) in [6.45, 7) is 1.45. The maximum atomic E-state index is 9.28. The summed E-state index contributed by atoms with van der Waals surface area (Å²) in [5.41, 5.74) is 0. The second kappa shape index (κ2) is 4.65. The lowest BCUT2D eigenvalue weighted by atomic mass is 9.79. The fraction of sp³-hybridized carbons (Fsp3) is 0.667. The molecule has 0 amide bonds. The molecule has 2 rings (SSSR count). The summed E-state index contributed by atoms with van der Waals surface area (Å²) in [6.07, 6.45) is 9.35. The van der Waals surface area contributed by atoms with Gasteiger partial charge in [-0.2, -0.15) is 0 Å². The summed E-state index contributed by atoms with van der Waals surface area (Å²) in [4.78, 5) is 0. The average Bonchev–Trinajstić information content (AvgIpc) is 2.71. The van der Waals surface area contributed by atoms with E-state index in [-0.39, 0.29) is 0 Å². The molecule has 1 aromatic heterocycles. The van der Waals surface area contributed by atoms with Crippen molar-refractivity contribution in [1.29, 1.82) is 0 Å². The molecule has 0 bridgehead atoms. The van der Waals surface area contributed by atoms with E-state index in [1.54, 1.807) is 0 Å². The van der Waals surface area contributed by atoms with Gasteiger partial charge < -0.3 is 9.67 Å². The number of aliphatic hydroxyl groups is 1. The normalized spacial score (nSPS) is 27.8. The van der Waals surface area contributed by atoms with Gasteiger partial charge in [0.25, 0.3) is 0 Å². The molecule has 2 unspecified atom stereocenters. The van der Waals surface area contributed by atoms with Gasteiger partial charge in [0.1, 0.15) is 0 Å². The first-order valence-corrected chi connectivity index (χ1v) is 5.62. The highest BCUT2D eigenvalue weighted by Gasteiger charge is 2.24. The fourth-order valence-electron chi connectivity index (χ4n) is 2.53. The average molecular weight is 193 g/mol. The standard InChI is InChI=1S/C12H19NO/c14-10-12-6-2-1-5-11(12)9-13-7-3-4-8-13/h3-4,7-8,11-12,14H,1-2,5-6,9-10H2. The van der Waals surface area contributed by atoms with E-state index >= 15 is 0 Å². The van der Waals surface area contributed by atoms with E-state index < -0.39 is 0 Å². The summed E-state index contributed by atoms with van der Waals surface area (Å²) >= 11 is 0. The second-order valence-electron chi connectivity index (χ2n) is 4.37. The van der Waals surface area contributed by atoms with Crippen LogP contribution in [0.25, 0.3) is 0 Å². The summed E-state index contributed by atoms with van der Waals surface area (Å²) < 4.78 is 2.23. The molecule has 2 heteroatoms. The van der Waals surface area contributed by atoms with E-state index in [9.17, 15) is 5.11 Å². The fourth-order valence-corrected chi connectivity index (χ4v) is 2.53. The van der Waals surface area contributed by atoms with E-state index in [0.29, 0.717) is 18.4 Å². The molecule has 1 aromatic rings. The van der Waals surface area contributed by atoms with Crippen molar-refractivity contribution in [3.63, 3.8) is 0 Å². The minimum absolute atomic E-state index is 0.367. The molecule has 0 radical (unpaired) electrons. The predicted molar refractivity (Wildman–Crippen MR) is 57.0 cm³/mol. The number of hydrogen-bond donors (Lipinski definition) is 1. The Labute approximate surface area is 85.6 Å². The van der Waals surface area contributed by atoms with Crippen molar-refractivity contribution in [3.05, 3.63) is 24.5 Å². The van der Waals surface area contributed by atoms with E-state index in [0.717, 1.165) is 6.54 Å². The van der Waals surface area contributed by atoms with Crippen molar-refractivity contribution in [2.45, 2.75) is 32.2 Å². The maximum absolute atomic E-state index is 9.28. The molecule has 0 saturated heterocycles. The molecule has 0 aromatic carbocycles. The third-order valence-corrected chi connectivity index (χ3v) is 3.41. The van der Waals surface area contributed by atoms with Crippen LogP contribution in [0.5, 0.6) is 0 Å². The van der Waals surface area contributed by atoms with E-state index in [4.69, 9.17) is 0 Å². The molecule has 14 heavy (non-hydrogen) atoms. The molecule has 1 aliphatic rings. The van der Waals surface area contributed by atoms with Gasteiger partial charge in [-0.25, -0.2) is 0 Å². The van der Waals surface area contributed by atoms with Gasteiger partial charge in [-0.3, -0.25) is 0 Å². The minimum Gasteiger partial charge on any atom is -0.396 e. The zero-order valence-electron chi connectivity index (χ0n) is 8.60. The Morgan fingerprint density at radius 3 is 2.36 bits per heavy atom. The van der Waals surface area contributed by atoms with Crippen molar-refractivity contribution in [3.8, 4) is 0 Å². The van der Waals surface area contributed by atoms with Crippen molar-refractivity contribution in [2.75, 3.05) is 6.61 Å². The van der Waals surface area contributed by atoms with Crippen LogP contribution < -0.4 is 0 Å². The molecule has 1 N–H and O–H groups in total. The Morgan fingerprint density at radius 2 is 1.71 bits per heavy atom. The number of rotatable bonds is 3. The molecular weight excluding hydrogens is 174 g/mol. The summed E-state index contributed by atoms with van der Waals surface area (Å²) in [5.74, 6) is 1.22. The first-order chi connectivity index (χ1) is 6.90. The zero-order valence-corrected chi connectivity index (χ0v) is 8.60. The van der Waals surface area contributed by atoms with Gasteiger partial charge in [0.05, 0.1) is 0 Å². The molecule has 2 nitrogen and oxygen atoms in total. The van der Waals surface area contributed by atoms with Gasteiger partial charge in [0.15, 0.2) is 0 Å². The largest absolute Gasteiger partial charge is 0.396 e. The topological polar surface area (TPSA) is 25.2 Å². The Morgan fingerprint density at radius 1 is 1.07 bits per heavy atom. The third-order valence-electron chi connectivity index (χ3n) is 3.41. The third kappa shape index (κ3) is 2.18. The Hall–Kier alpha value is -0.760. The van der Waals surface area contributed by atoms with E-state index in [1.165, 1.54) is 25.7 Å². The number of nitrogens with zero attached hydrogens (tertiary/aromatic N) is 1. The van der Waals surface area contributed by atoms with Gasteiger partial charge >= 0.3 is 0 Å².